The van der Waals surface area contributed by atoms with Crippen molar-refractivity contribution in [2.24, 2.45) is 0 Å². The Bertz CT molecular complexity index is 972. The first kappa shape index (κ1) is 26.5. The molecule has 8 nitrogen and oxygen atoms in total. The Morgan fingerprint density at radius 3 is 1.39 bits per heavy atom. The van der Waals surface area contributed by atoms with E-state index in [1.54, 1.807) is 13.8 Å². The Balaban J connectivity index is 1.94. The second-order valence-electron chi connectivity index (χ2n) is 7.37. The summed E-state index contributed by atoms with van der Waals surface area (Å²) >= 11 is 2.64. The molecule has 2 aromatic rings. The molecule has 10 heteroatoms. The highest BCUT2D eigenvalue weighted by molar-refractivity contribution is 7.17. The minimum atomic E-state index is -0.465. The first-order valence-corrected chi connectivity index (χ1v) is 12.4. The summed E-state index contributed by atoms with van der Waals surface area (Å²) in [5.41, 5.74) is 2.32. The SMILES string of the molecule is CCOC(=O)c1c(NC(=O)CCCC(=O)Nc2sc(C)c(C)c2C(=O)OCC)sc(C)c1C. The third-order valence-electron chi connectivity index (χ3n) is 5.04. The van der Waals surface area contributed by atoms with Crippen molar-refractivity contribution in [3.8, 4) is 0 Å². The maximum Gasteiger partial charge on any atom is 0.341 e. The van der Waals surface area contributed by atoms with Gasteiger partial charge in [-0.2, -0.15) is 0 Å². The molecule has 2 aromatic heterocycles. The summed E-state index contributed by atoms with van der Waals surface area (Å²) in [6.45, 7) is 11.3. The number of amides is 2. The predicted molar refractivity (Wildman–Crippen MR) is 131 cm³/mol. The number of anilines is 2. The molecule has 2 rings (SSSR count). The second-order valence-corrected chi connectivity index (χ2v) is 9.82. The lowest BCUT2D eigenvalue weighted by molar-refractivity contribution is -0.117. The van der Waals surface area contributed by atoms with Crippen LogP contribution in [0.15, 0.2) is 0 Å². The lowest BCUT2D eigenvalue weighted by Gasteiger charge is -2.08. The first-order chi connectivity index (χ1) is 15.6. The van der Waals surface area contributed by atoms with Crippen molar-refractivity contribution >= 4 is 56.4 Å². The van der Waals surface area contributed by atoms with E-state index in [0.29, 0.717) is 27.5 Å². The number of rotatable bonds is 10. The van der Waals surface area contributed by atoms with Crippen LogP contribution in [0.1, 0.15) is 74.7 Å². The minimum Gasteiger partial charge on any atom is -0.462 e. The molecule has 2 amide bonds. The van der Waals surface area contributed by atoms with E-state index in [-0.39, 0.29) is 37.9 Å². The van der Waals surface area contributed by atoms with Crippen LogP contribution in [-0.2, 0) is 19.1 Å². The van der Waals surface area contributed by atoms with Crippen molar-refractivity contribution in [2.75, 3.05) is 23.8 Å². The van der Waals surface area contributed by atoms with Crippen LogP contribution in [0.25, 0.3) is 0 Å². The number of hydrogen-bond acceptors (Lipinski definition) is 8. The van der Waals surface area contributed by atoms with Gasteiger partial charge in [-0.1, -0.05) is 0 Å². The minimum absolute atomic E-state index is 0.110. The van der Waals surface area contributed by atoms with Crippen molar-refractivity contribution in [1.29, 1.82) is 0 Å². The lowest BCUT2D eigenvalue weighted by atomic mass is 10.1. The van der Waals surface area contributed by atoms with Crippen LogP contribution in [0.4, 0.5) is 10.0 Å². The number of aryl methyl sites for hydroxylation is 2. The van der Waals surface area contributed by atoms with E-state index < -0.39 is 11.9 Å². The van der Waals surface area contributed by atoms with Gasteiger partial charge in [-0.15, -0.1) is 22.7 Å². The summed E-state index contributed by atoms with van der Waals surface area (Å²) in [7, 11) is 0. The molecule has 180 valence electrons. The molecular weight excluding hydrogens is 464 g/mol. The van der Waals surface area contributed by atoms with Gasteiger partial charge in [-0.25, -0.2) is 9.59 Å². The molecule has 0 bridgehead atoms. The maximum atomic E-state index is 12.4. The zero-order valence-electron chi connectivity index (χ0n) is 19.8. The van der Waals surface area contributed by atoms with Gasteiger partial charge >= 0.3 is 11.9 Å². The van der Waals surface area contributed by atoms with Crippen LogP contribution in [0.3, 0.4) is 0 Å². The predicted octanol–water partition coefficient (Wildman–Crippen LogP) is 5.14. The van der Waals surface area contributed by atoms with Gasteiger partial charge in [-0.05, 0) is 59.1 Å². The Morgan fingerprint density at radius 2 is 1.06 bits per heavy atom. The number of nitrogens with one attached hydrogen (secondary N) is 2. The summed E-state index contributed by atoms with van der Waals surface area (Å²) in [5.74, 6) is -1.50. The average molecular weight is 495 g/mol. The van der Waals surface area contributed by atoms with Crippen LogP contribution >= 0.6 is 22.7 Å². The van der Waals surface area contributed by atoms with Gasteiger partial charge in [0.1, 0.15) is 10.0 Å². The normalized spacial score (nSPS) is 10.6. The number of carbonyl (C=O) groups excluding carboxylic acids is 4. The van der Waals surface area contributed by atoms with E-state index in [1.807, 2.05) is 27.7 Å². The average Bonchev–Trinajstić information content (AvgIpc) is 3.16. The quantitative estimate of drug-likeness (QED) is 0.442. The van der Waals surface area contributed by atoms with Crippen LogP contribution < -0.4 is 10.6 Å². The molecule has 0 spiro atoms. The van der Waals surface area contributed by atoms with Crippen LogP contribution in [-0.4, -0.2) is 37.0 Å². The van der Waals surface area contributed by atoms with Crippen LogP contribution in [0.2, 0.25) is 0 Å². The molecule has 0 atom stereocenters. The fraction of sp³-hybridized carbons (Fsp3) is 0.478. The van der Waals surface area contributed by atoms with Crippen molar-refractivity contribution in [3.63, 3.8) is 0 Å². The smallest absolute Gasteiger partial charge is 0.341 e. The maximum absolute atomic E-state index is 12.4. The highest BCUT2D eigenvalue weighted by atomic mass is 32.1. The van der Waals surface area contributed by atoms with Crippen LogP contribution in [0.5, 0.6) is 0 Å². The summed E-state index contributed by atoms with van der Waals surface area (Å²) < 4.78 is 10.2. The summed E-state index contributed by atoms with van der Waals surface area (Å²) in [6.07, 6.45) is 0.533. The Labute approximate surface area is 201 Å². The standard InChI is InChI=1S/C23H30N2O6S2/c1-7-30-22(28)18-12(3)14(5)32-20(18)24-16(26)10-9-11-17(27)25-21-19(23(29)31-8-2)13(4)15(6)33-21/h7-11H2,1-6H3,(H,24,26)(H,25,27). The molecule has 0 aliphatic heterocycles. The number of ether oxygens (including phenoxy) is 2. The van der Waals surface area contributed by atoms with E-state index in [0.717, 1.165) is 20.9 Å². The zero-order valence-corrected chi connectivity index (χ0v) is 21.4. The topological polar surface area (TPSA) is 111 Å². The number of hydrogen-bond donors (Lipinski definition) is 2. The van der Waals surface area contributed by atoms with E-state index in [4.69, 9.17) is 9.47 Å². The third kappa shape index (κ3) is 6.64. The molecule has 2 heterocycles. The van der Waals surface area contributed by atoms with E-state index in [9.17, 15) is 19.2 Å². The summed E-state index contributed by atoms with van der Waals surface area (Å²) in [5, 5.41) is 6.46. The second kappa shape index (κ2) is 11.9. The molecule has 0 fully saturated rings. The number of thiophene rings is 2. The summed E-state index contributed by atoms with van der Waals surface area (Å²) in [4.78, 5) is 51.2. The summed E-state index contributed by atoms with van der Waals surface area (Å²) in [6, 6.07) is 0. The van der Waals surface area contributed by atoms with Gasteiger partial charge in [-0.3, -0.25) is 9.59 Å². The van der Waals surface area contributed by atoms with Crippen molar-refractivity contribution < 1.29 is 28.7 Å². The molecular formula is C23H30N2O6S2. The molecule has 0 aliphatic rings. The van der Waals surface area contributed by atoms with Crippen molar-refractivity contribution in [1.82, 2.24) is 0 Å². The van der Waals surface area contributed by atoms with Gasteiger partial charge in [0.05, 0.1) is 24.3 Å². The fourth-order valence-electron chi connectivity index (χ4n) is 3.12. The van der Waals surface area contributed by atoms with Crippen molar-refractivity contribution in [3.05, 3.63) is 32.0 Å². The molecule has 2 N–H and O–H groups in total. The molecule has 0 aromatic carbocycles. The van der Waals surface area contributed by atoms with Gasteiger partial charge in [0, 0.05) is 22.6 Å². The number of esters is 2. The largest absolute Gasteiger partial charge is 0.462 e. The molecule has 0 aliphatic carbocycles. The Morgan fingerprint density at radius 1 is 0.697 bits per heavy atom. The van der Waals surface area contributed by atoms with Crippen molar-refractivity contribution in [2.45, 2.75) is 60.8 Å². The van der Waals surface area contributed by atoms with Gasteiger partial charge in [0.15, 0.2) is 0 Å². The monoisotopic (exact) mass is 494 g/mol. The fourth-order valence-corrected chi connectivity index (χ4v) is 5.25. The molecule has 0 saturated heterocycles. The number of carbonyl (C=O) groups is 4. The van der Waals surface area contributed by atoms with E-state index >= 15 is 0 Å². The van der Waals surface area contributed by atoms with Gasteiger partial charge < -0.3 is 20.1 Å². The van der Waals surface area contributed by atoms with E-state index in [1.165, 1.54) is 22.7 Å². The Hall–Kier alpha value is -2.72. The Kier molecular flexibility index (Phi) is 9.60. The third-order valence-corrected chi connectivity index (χ3v) is 7.29. The highest BCUT2D eigenvalue weighted by Crippen LogP contribution is 2.34. The molecule has 33 heavy (non-hydrogen) atoms. The highest BCUT2D eigenvalue weighted by Gasteiger charge is 2.23. The molecule has 0 saturated carbocycles. The van der Waals surface area contributed by atoms with Gasteiger partial charge in [0.25, 0.3) is 0 Å². The molecule has 0 radical (unpaired) electrons. The van der Waals surface area contributed by atoms with E-state index in [2.05, 4.69) is 10.6 Å². The zero-order chi connectivity index (χ0) is 24.7. The first-order valence-electron chi connectivity index (χ1n) is 10.7. The molecule has 0 unspecified atom stereocenters. The van der Waals surface area contributed by atoms with Crippen LogP contribution in [0, 0.1) is 27.7 Å². The lowest BCUT2D eigenvalue weighted by Crippen LogP contribution is -2.17. The van der Waals surface area contributed by atoms with Gasteiger partial charge in [0.2, 0.25) is 11.8 Å².